The molecule has 0 N–H and O–H groups in total. The van der Waals surface area contributed by atoms with Gasteiger partial charge < -0.3 is 9.64 Å². The molecule has 1 aliphatic rings. The van der Waals surface area contributed by atoms with Gasteiger partial charge in [0.15, 0.2) is 0 Å². The van der Waals surface area contributed by atoms with Gasteiger partial charge >= 0.3 is 5.97 Å². The molecule has 0 aromatic rings. The summed E-state index contributed by atoms with van der Waals surface area (Å²) in [6.45, 7) is 4.46. The van der Waals surface area contributed by atoms with Crippen LogP contribution in [0.5, 0.6) is 0 Å². The Morgan fingerprint density at radius 3 is 2.35 bits per heavy atom. The smallest absolute Gasteiger partial charge is 0.307 e. The van der Waals surface area contributed by atoms with Gasteiger partial charge in [0.2, 0.25) is 5.91 Å². The summed E-state index contributed by atoms with van der Waals surface area (Å²) in [5.74, 6) is 0.646. The van der Waals surface area contributed by atoms with Crippen molar-refractivity contribution in [2.24, 2.45) is 5.92 Å². The van der Waals surface area contributed by atoms with Crippen LogP contribution >= 0.6 is 0 Å². The van der Waals surface area contributed by atoms with Crippen LogP contribution < -0.4 is 0 Å². The Kier molecular flexibility index (Phi) is 7.63. The summed E-state index contributed by atoms with van der Waals surface area (Å²) < 4.78 is 4.64. The van der Waals surface area contributed by atoms with Gasteiger partial charge in [-0.1, -0.05) is 32.1 Å². The quantitative estimate of drug-likeness (QED) is 0.674. The maximum Gasteiger partial charge on any atom is 0.307 e. The van der Waals surface area contributed by atoms with Gasteiger partial charge in [-0.3, -0.25) is 9.59 Å². The largest absolute Gasteiger partial charge is 0.469 e. The van der Waals surface area contributed by atoms with E-state index in [-0.39, 0.29) is 24.3 Å². The summed E-state index contributed by atoms with van der Waals surface area (Å²) in [6, 6.07) is 0.138. The van der Waals surface area contributed by atoms with Crippen LogP contribution in [0.2, 0.25) is 0 Å². The minimum Gasteiger partial charge on any atom is -0.469 e. The molecule has 0 aromatic carbocycles. The number of rotatable bonds is 7. The van der Waals surface area contributed by atoms with Crippen LogP contribution in [0, 0.1) is 5.92 Å². The Balaban J connectivity index is 2.36. The molecule has 1 rings (SSSR count). The fourth-order valence-electron chi connectivity index (χ4n) is 2.93. The van der Waals surface area contributed by atoms with Crippen LogP contribution in [0.3, 0.4) is 0 Å². The average molecular weight is 283 g/mol. The number of hydrogen-bond donors (Lipinski definition) is 0. The molecule has 0 atom stereocenters. The molecule has 0 radical (unpaired) electrons. The van der Waals surface area contributed by atoms with Crippen molar-refractivity contribution in [2.75, 3.05) is 13.7 Å². The van der Waals surface area contributed by atoms with Crippen molar-refractivity contribution in [3.8, 4) is 0 Å². The third-order valence-electron chi connectivity index (χ3n) is 4.22. The Morgan fingerprint density at radius 2 is 1.80 bits per heavy atom. The lowest BCUT2D eigenvalue weighted by Crippen LogP contribution is -2.38. The van der Waals surface area contributed by atoms with E-state index >= 15 is 0 Å². The second kappa shape index (κ2) is 8.98. The van der Waals surface area contributed by atoms with E-state index in [1.54, 1.807) is 4.90 Å². The monoisotopic (exact) mass is 283 g/mol. The van der Waals surface area contributed by atoms with E-state index < -0.39 is 0 Å². The molecule has 0 bridgehead atoms. The van der Waals surface area contributed by atoms with Crippen molar-refractivity contribution >= 4 is 11.9 Å². The van der Waals surface area contributed by atoms with Gasteiger partial charge in [-0.05, 0) is 26.2 Å². The SMILES string of the molecule is COC(=O)CCN(C(=O)CCC1CCCCC1)C(C)C. The summed E-state index contributed by atoms with van der Waals surface area (Å²) in [5, 5.41) is 0. The fourth-order valence-corrected chi connectivity index (χ4v) is 2.93. The molecule has 0 spiro atoms. The maximum absolute atomic E-state index is 12.3. The summed E-state index contributed by atoms with van der Waals surface area (Å²) in [6.07, 6.45) is 8.42. The first-order chi connectivity index (χ1) is 9.54. The van der Waals surface area contributed by atoms with E-state index in [0.29, 0.717) is 13.0 Å². The maximum atomic E-state index is 12.3. The second-order valence-corrected chi connectivity index (χ2v) is 6.05. The Bertz CT molecular complexity index is 309. The van der Waals surface area contributed by atoms with E-state index in [2.05, 4.69) is 4.74 Å². The fraction of sp³-hybridized carbons (Fsp3) is 0.875. The summed E-state index contributed by atoms with van der Waals surface area (Å²) in [7, 11) is 1.38. The van der Waals surface area contributed by atoms with E-state index in [0.717, 1.165) is 12.3 Å². The Hall–Kier alpha value is -1.06. The van der Waals surface area contributed by atoms with Gasteiger partial charge in [0.05, 0.1) is 13.5 Å². The molecule has 0 heterocycles. The number of nitrogens with zero attached hydrogens (tertiary/aromatic N) is 1. The molecule has 0 unspecified atom stereocenters. The second-order valence-electron chi connectivity index (χ2n) is 6.05. The first kappa shape index (κ1) is 17.0. The molecule has 0 aliphatic heterocycles. The van der Waals surface area contributed by atoms with Crippen molar-refractivity contribution in [3.05, 3.63) is 0 Å². The van der Waals surface area contributed by atoms with E-state index in [1.165, 1.54) is 39.2 Å². The number of esters is 1. The van der Waals surface area contributed by atoms with Crippen molar-refractivity contribution < 1.29 is 14.3 Å². The molecule has 116 valence electrons. The van der Waals surface area contributed by atoms with Crippen LogP contribution in [0.25, 0.3) is 0 Å². The molecule has 0 saturated heterocycles. The zero-order valence-electron chi connectivity index (χ0n) is 13.2. The highest BCUT2D eigenvalue weighted by Gasteiger charge is 2.20. The van der Waals surface area contributed by atoms with Gasteiger partial charge in [0, 0.05) is 19.0 Å². The molecule has 20 heavy (non-hydrogen) atoms. The Labute approximate surface area is 122 Å². The zero-order chi connectivity index (χ0) is 15.0. The predicted molar refractivity (Wildman–Crippen MR) is 79.3 cm³/mol. The normalized spacial score (nSPS) is 16.2. The minimum absolute atomic E-state index is 0.138. The lowest BCUT2D eigenvalue weighted by atomic mass is 9.86. The van der Waals surface area contributed by atoms with Crippen molar-refractivity contribution in [2.45, 2.75) is 71.3 Å². The molecular formula is C16H29NO3. The first-order valence-electron chi connectivity index (χ1n) is 7.91. The number of ether oxygens (including phenoxy) is 1. The first-order valence-corrected chi connectivity index (χ1v) is 7.91. The molecular weight excluding hydrogens is 254 g/mol. The molecule has 1 saturated carbocycles. The number of hydrogen-bond acceptors (Lipinski definition) is 3. The number of methoxy groups -OCH3 is 1. The van der Waals surface area contributed by atoms with Gasteiger partial charge in [-0.15, -0.1) is 0 Å². The van der Waals surface area contributed by atoms with Crippen LogP contribution in [0.1, 0.15) is 65.2 Å². The third-order valence-corrected chi connectivity index (χ3v) is 4.22. The van der Waals surface area contributed by atoms with Gasteiger partial charge in [0.1, 0.15) is 0 Å². The van der Waals surface area contributed by atoms with Crippen molar-refractivity contribution in [3.63, 3.8) is 0 Å². The van der Waals surface area contributed by atoms with Crippen LogP contribution in [-0.4, -0.2) is 36.5 Å². The molecule has 4 nitrogen and oxygen atoms in total. The van der Waals surface area contributed by atoms with Gasteiger partial charge in [0.25, 0.3) is 0 Å². The summed E-state index contributed by atoms with van der Waals surface area (Å²) in [5.41, 5.74) is 0. The number of carbonyl (C=O) groups is 2. The lowest BCUT2D eigenvalue weighted by molar-refractivity contribution is -0.142. The highest BCUT2D eigenvalue weighted by atomic mass is 16.5. The van der Waals surface area contributed by atoms with E-state index in [4.69, 9.17) is 0 Å². The highest BCUT2D eigenvalue weighted by molar-refractivity contribution is 5.77. The predicted octanol–water partition coefficient (Wildman–Crippen LogP) is 3.15. The van der Waals surface area contributed by atoms with Crippen LogP contribution in [0.15, 0.2) is 0 Å². The van der Waals surface area contributed by atoms with Gasteiger partial charge in [-0.2, -0.15) is 0 Å². The molecule has 1 amide bonds. The summed E-state index contributed by atoms with van der Waals surface area (Å²) in [4.78, 5) is 25.3. The molecule has 1 fully saturated rings. The van der Waals surface area contributed by atoms with Crippen molar-refractivity contribution in [1.82, 2.24) is 4.90 Å². The molecule has 4 heteroatoms. The number of carbonyl (C=O) groups excluding carboxylic acids is 2. The number of amides is 1. The summed E-state index contributed by atoms with van der Waals surface area (Å²) >= 11 is 0. The van der Waals surface area contributed by atoms with Crippen LogP contribution in [0.4, 0.5) is 0 Å². The van der Waals surface area contributed by atoms with E-state index in [1.807, 2.05) is 13.8 Å². The van der Waals surface area contributed by atoms with Crippen LogP contribution in [-0.2, 0) is 14.3 Å². The highest BCUT2D eigenvalue weighted by Crippen LogP contribution is 2.27. The topological polar surface area (TPSA) is 46.6 Å². The third kappa shape index (κ3) is 5.93. The Morgan fingerprint density at radius 1 is 1.15 bits per heavy atom. The lowest BCUT2D eigenvalue weighted by Gasteiger charge is -2.28. The average Bonchev–Trinajstić information content (AvgIpc) is 2.45. The van der Waals surface area contributed by atoms with Crippen molar-refractivity contribution in [1.29, 1.82) is 0 Å². The molecule has 1 aliphatic carbocycles. The molecule has 0 aromatic heterocycles. The standard InChI is InChI=1S/C16H29NO3/c1-13(2)17(12-11-16(19)20-3)15(18)10-9-14-7-5-4-6-8-14/h13-14H,4-12H2,1-3H3. The van der Waals surface area contributed by atoms with Gasteiger partial charge in [-0.25, -0.2) is 0 Å². The zero-order valence-corrected chi connectivity index (χ0v) is 13.2. The van der Waals surface area contributed by atoms with E-state index in [9.17, 15) is 9.59 Å². The minimum atomic E-state index is -0.254.